The molecule has 0 radical (unpaired) electrons. The predicted octanol–water partition coefficient (Wildman–Crippen LogP) is 2.89. The summed E-state index contributed by atoms with van der Waals surface area (Å²) in [6.07, 6.45) is 0.782. The fourth-order valence-electron chi connectivity index (χ4n) is 1.83. The second kappa shape index (κ2) is 4.75. The Kier molecular flexibility index (Phi) is 3.15. The first kappa shape index (κ1) is 11.3. The van der Waals surface area contributed by atoms with E-state index in [0.29, 0.717) is 11.5 Å². The third kappa shape index (κ3) is 2.16. The number of aryl methyl sites for hydroxylation is 1. The molecule has 1 aromatic heterocycles. The highest BCUT2D eigenvalue weighted by Gasteiger charge is 2.10. The summed E-state index contributed by atoms with van der Waals surface area (Å²) >= 11 is 0. The average molecular weight is 223 g/mol. The van der Waals surface area contributed by atoms with Crippen molar-refractivity contribution in [1.82, 2.24) is 9.97 Å². The molecule has 0 amide bonds. The van der Waals surface area contributed by atoms with Crippen LogP contribution in [0.4, 0.5) is 0 Å². The molecule has 2 aromatic rings. The molecule has 0 fully saturated rings. The smallest absolute Gasteiger partial charge is 0.160 e. The van der Waals surface area contributed by atoms with Crippen LogP contribution in [0.1, 0.15) is 23.9 Å². The third-order valence-electron chi connectivity index (χ3n) is 2.71. The lowest BCUT2D eigenvalue weighted by molar-refractivity contribution is 0.985. The summed E-state index contributed by atoms with van der Waals surface area (Å²) in [5.74, 6) is 0.622. The zero-order valence-corrected chi connectivity index (χ0v) is 9.94. The number of hydrogen-bond acceptors (Lipinski definition) is 3. The standard InChI is InChI=1S/C14H13N3/c1-3-12-10(2)16-14(17-13(12)9-15)11-7-5-4-6-8-11/h4-8H,3H2,1-2H3. The fourth-order valence-corrected chi connectivity index (χ4v) is 1.83. The summed E-state index contributed by atoms with van der Waals surface area (Å²) in [4.78, 5) is 8.78. The molecule has 2 rings (SSSR count). The maximum absolute atomic E-state index is 9.11. The Morgan fingerprint density at radius 3 is 2.47 bits per heavy atom. The first-order chi connectivity index (χ1) is 8.26. The largest absolute Gasteiger partial charge is 0.233 e. The zero-order valence-electron chi connectivity index (χ0n) is 9.94. The molecule has 0 aliphatic rings. The molecule has 0 spiro atoms. The van der Waals surface area contributed by atoms with Gasteiger partial charge in [-0.05, 0) is 13.3 Å². The summed E-state index contributed by atoms with van der Waals surface area (Å²) in [6, 6.07) is 11.9. The highest BCUT2D eigenvalue weighted by atomic mass is 14.9. The average Bonchev–Trinajstić information content (AvgIpc) is 2.38. The highest BCUT2D eigenvalue weighted by molar-refractivity contribution is 5.56. The molecule has 3 nitrogen and oxygen atoms in total. The number of hydrogen-bond donors (Lipinski definition) is 0. The number of rotatable bonds is 2. The Bertz CT molecular complexity index is 568. The van der Waals surface area contributed by atoms with E-state index in [1.54, 1.807) is 0 Å². The predicted molar refractivity (Wildman–Crippen MR) is 66.3 cm³/mol. The number of nitrogens with zero attached hydrogens (tertiary/aromatic N) is 3. The van der Waals surface area contributed by atoms with E-state index < -0.39 is 0 Å². The minimum atomic E-state index is 0.485. The molecule has 3 heteroatoms. The zero-order chi connectivity index (χ0) is 12.3. The Balaban J connectivity index is 2.60. The highest BCUT2D eigenvalue weighted by Crippen LogP contribution is 2.18. The van der Waals surface area contributed by atoms with Crippen LogP contribution in [0.3, 0.4) is 0 Å². The minimum absolute atomic E-state index is 0.485. The number of aromatic nitrogens is 2. The number of nitriles is 1. The van der Waals surface area contributed by atoms with E-state index in [1.165, 1.54) is 0 Å². The molecule has 0 aliphatic heterocycles. The SMILES string of the molecule is CCc1c(C)nc(-c2ccccc2)nc1C#N. The Hall–Kier alpha value is -2.21. The topological polar surface area (TPSA) is 49.6 Å². The lowest BCUT2D eigenvalue weighted by Gasteiger charge is -2.07. The van der Waals surface area contributed by atoms with E-state index in [0.717, 1.165) is 23.2 Å². The quantitative estimate of drug-likeness (QED) is 0.786. The van der Waals surface area contributed by atoms with Crippen molar-refractivity contribution in [3.8, 4) is 17.5 Å². The van der Waals surface area contributed by atoms with E-state index in [4.69, 9.17) is 5.26 Å². The molecule has 0 aliphatic carbocycles. The van der Waals surface area contributed by atoms with Crippen LogP contribution in [-0.4, -0.2) is 9.97 Å². The van der Waals surface area contributed by atoms with Gasteiger partial charge in [-0.25, -0.2) is 9.97 Å². The second-order valence-corrected chi connectivity index (χ2v) is 3.79. The molecule has 0 unspecified atom stereocenters. The van der Waals surface area contributed by atoms with Crippen LogP contribution in [0.2, 0.25) is 0 Å². The molecule has 17 heavy (non-hydrogen) atoms. The molecule has 84 valence electrons. The maximum Gasteiger partial charge on any atom is 0.160 e. The normalized spacial score (nSPS) is 9.94. The Labute approximate surface area is 101 Å². The van der Waals surface area contributed by atoms with Gasteiger partial charge in [0.25, 0.3) is 0 Å². The van der Waals surface area contributed by atoms with E-state index in [1.807, 2.05) is 44.2 Å². The van der Waals surface area contributed by atoms with Gasteiger partial charge in [0.2, 0.25) is 0 Å². The van der Waals surface area contributed by atoms with Gasteiger partial charge >= 0.3 is 0 Å². The van der Waals surface area contributed by atoms with E-state index in [9.17, 15) is 0 Å². The summed E-state index contributed by atoms with van der Waals surface area (Å²) < 4.78 is 0. The monoisotopic (exact) mass is 223 g/mol. The van der Waals surface area contributed by atoms with Crippen molar-refractivity contribution in [3.05, 3.63) is 47.3 Å². The van der Waals surface area contributed by atoms with Crippen LogP contribution in [0.5, 0.6) is 0 Å². The molecular weight excluding hydrogens is 210 g/mol. The summed E-state index contributed by atoms with van der Waals surface area (Å²) in [7, 11) is 0. The Morgan fingerprint density at radius 1 is 1.18 bits per heavy atom. The molecule has 1 aromatic carbocycles. The molecule has 0 saturated carbocycles. The first-order valence-electron chi connectivity index (χ1n) is 5.59. The van der Waals surface area contributed by atoms with Gasteiger partial charge < -0.3 is 0 Å². The Morgan fingerprint density at radius 2 is 1.88 bits per heavy atom. The van der Waals surface area contributed by atoms with E-state index in [-0.39, 0.29) is 0 Å². The van der Waals surface area contributed by atoms with Gasteiger partial charge in [-0.3, -0.25) is 0 Å². The van der Waals surface area contributed by atoms with Crippen LogP contribution in [0, 0.1) is 18.3 Å². The van der Waals surface area contributed by atoms with Crippen molar-refractivity contribution in [1.29, 1.82) is 5.26 Å². The molecule has 1 heterocycles. The van der Waals surface area contributed by atoms with Gasteiger partial charge in [0.15, 0.2) is 5.82 Å². The van der Waals surface area contributed by atoms with Crippen molar-refractivity contribution in [3.63, 3.8) is 0 Å². The van der Waals surface area contributed by atoms with Gasteiger partial charge in [0.1, 0.15) is 11.8 Å². The van der Waals surface area contributed by atoms with Crippen molar-refractivity contribution in [2.45, 2.75) is 20.3 Å². The lowest BCUT2D eigenvalue weighted by atomic mass is 10.1. The van der Waals surface area contributed by atoms with Crippen molar-refractivity contribution in [2.75, 3.05) is 0 Å². The van der Waals surface area contributed by atoms with Crippen LogP contribution >= 0.6 is 0 Å². The van der Waals surface area contributed by atoms with Crippen LogP contribution in [-0.2, 0) is 6.42 Å². The molecule has 0 atom stereocenters. The second-order valence-electron chi connectivity index (χ2n) is 3.79. The molecule has 0 N–H and O–H groups in total. The summed E-state index contributed by atoms with van der Waals surface area (Å²) in [5, 5.41) is 9.11. The van der Waals surface area contributed by atoms with Gasteiger partial charge in [-0.15, -0.1) is 0 Å². The van der Waals surface area contributed by atoms with Crippen LogP contribution in [0.15, 0.2) is 30.3 Å². The summed E-state index contributed by atoms with van der Waals surface area (Å²) in [6.45, 7) is 3.93. The summed E-state index contributed by atoms with van der Waals surface area (Å²) in [5.41, 5.74) is 3.25. The van der Waals surface area contributed by atoms with Crippen molar-refractivity contribution in [2.24, 2.45) is 0 Å². The van der Waals surface area contributed by atoms with Crippen LogP contribution in [0.25, 0.3) is 11.4 Å². The van der Waals surface area contributed by atoms with Gasteiger partial charge in [0, 0.05) is 16.8 Å². The molecule has 0 saturated heterocycles. The minimum Gasteiger partial charge on any atom is -0.233 e. The van der Waals surface area contributed by atoms with Gasteiger partial charge in [-0.2, -0.15) is 5.26 Å². The van der Waals surface area contributed by atoms with E-state index >= 15 is 0 Å². The van der Waals surface area contributed by atoms with E-state index in [2.05, 4.69) is 16.0 Å². The van der Waals surface area contributed by atoms with Gasteiger partial charge in [-0.1, -0.05) is 37.3 Å². The van der Waals surface area contributed by atoms with Gasteiger partial charge in [0.05, 0.1) is 0 Å². The third-order valence-corrected chi connectivity index (χ3v) is 2.71. The van der Waals surface area contributed by atoms with Crippen molar-refractivity contribution < 1.29 is 0 Å². The van der Waals surface area contributed by atoms with Crippen LogP contribution < -0.4 is 0 Å². The van der Waals surface area contributed by atoms with Crippen molar-refractivity contribution >= 4 is 0 Å². The molecule has 0 bridgehead atoms. The molecular formula is C14H13N3. The first-order valence-corrected chi connectivity index (χ1v) is 5.59. The number of benzene rings is 1. The maximum atomic E-state index is 9.11. The fraction of sp³-hybridized carbons (Fsp3) is 0.214. The lowest BCUT2D eigenvalue weighted by Crippen LogP contribution is -2.02.